The molecule has 0 radical (unpaired) electrons. The number of hydrogen-bond acceptors (Lipinski definition) is 3. The molecule has 3 heterocycles. The zero-order valence-electron chi connectivity index (χ0n) is 21.0. The molecule has 6 aromatic rings. The summed E-state index contributed by atoms with van der Waals surface area (Å²) in [6.45, 7) is 6.63. The number of rotatable bonds is 4. The normalized spacial score (nSPS) is 11.6. The van der Waals surface area contributed by atoms with E-state index in [0.717, 1.165) is 33.3 Å². The van der Waals surface area contributed by atoms with Crippen LogP contribution >= 0.6 is 0 Å². The summed E-state index contributed by atoms with van der Waals surface area (Å²) in [5.74, 6) is 2.03. The molecule has 37 heavy (non-hydrogen) atoms. The third-order valence-corrected chi connectivity index (χ3v) is 6.19. The Morgan fingerprint density at radius 1 is 0.892 bits per heavy atom. The Bertz CT molecular complexity index is 1730. The van der Waals surface area contributed by atoms with Gasteiger partial charge >= 0.3 is 0 Å². The maximum atomic E-state index is 6.21. The summed E-state index contributed by atoms with van der Waals surface area (Å²) >= 11 is 0. The van der Waals surface area contributed by atoms with Crippen LogP contribution in [0.25, 0.3) is 33.3 Å². The summed E-state index contributed by atoms with van der Waals surface area (Å²) in [6, 6.07) is 29.1. The summed E-state index contributed by atoms with van der Waals surface area (Å²) in [6.07, 6.45) is 6.64. The fourth-order valence-electron chi connectivity index (χ4n) is 4.36. The Hall–Kier alpha value is -3.76. The van der Waals surface area contributed by atoms with Gasteiger partial charge in [-0.2, -0.15) is 24.3 Å². The first-order chi connectivity index (χ1) is 17.4. The van der Waals surface area contributed by atoms with Crippen LogP contribution in [0.4, 0.5) is 0 Å². The monoisotopic (exact) mass is 666 g/mol. The van der Waals surface area contributed by atoms with E-state index in [0.29, 0.717) is 11.5 Å². The predicted octanol–water partition coefficient (Wildman–Crippen LogP) is 5.68. The van der Waals surface area contributed by atoms with Gasteiger partial charge in [0.2, 0.25) is 0 Å². The van der Waals surface area contributed by atoms with Crippen molar-refractivity contribution in [1.82, 2.24) is 19.3 Å². The van der Waals surface area contributed by atoms with E-state index >= 15 is 0 Å². The summed E-state index contributed by atoms with van der Waals surface area (Å²) in [4.78, 5) is 4.74. The fourth-order valence-corrected chi connectivity index (χ4v) is 4.36. The molecule has 0 amide bonds. The molecule has 0 aliphatic rings. The molecule has 0 fully saturated rings. The van der Waals surface area contributed by atoms with Crippen LogP contribution in [0.1, 0.15) is 26.3 Å². The SMILES string of the molecule is C[n+]1[c-]n(-c2[c-]c(Oc3[c-]c4c(cc3)c3ccccc3n4-c3cc(C(C)(C)C)ccn3)ccc2)nc1.[Pt]. The summed E-state index contributed by atoms with van der Waals surface area (Å²) in [5, 5.41) is 6.53. The number of benzene rings is 3. The summed E-state index contributed by atoms with van der Waals surface area (Å²) < 4.78 is 11.8. The number of pyridine rings is 1. The van der Waals surface area contributed by atoms with Gasteiger partial charge < -0.3 is 13.9 Å². The minimum Gasteiger partial charge on any atom is -0.510 e. The van der Waals surface area contributed by atoms with Crippen molar-refractivity contribution in [2.75, 3.05) is 0 Å². The second-order valence-electron chi connectivity index (χ2n) is 9.85. The van der Waals surface area contributed by atoms with Gasteiger partial charge in [0.05, 0.1) is 0 Å². The van der Waals surface area contributed by atoms with Crippen LogP contribution < -0.4 is 9.30 Å². The van der Waals surface area contributed by atoms with Gasteiger partial charge in [-0.15, -0.1) is 23.6 Å². The number of aromatic nitrogens is 5. The molecule has 0 unspecified atom stereocenters. The van der Waals surface area contributed by atoms with E-state index in [9.17, 15) is 0 Å². The first kappa shape index (κ1) is 24.9. The van der Waals surface area contributed by atoms with Crippen molar-refractivity contribution in [1.29, 1.82) is 0 Å². The van der Waals surface area contributed by atoms with Gasteiger partial charge in [0.15, 0.2) is 12.7 Å². The second kappa shape index (κ2) is 9.60. The van der Waals surface area contributed by atoms with Crippen LogP contribution in [0, 0.1) is 18.5 Å². The summed E-state index contributed by atoms with van der Waals surface area (Å²) in [7, 11) is 1.87. The minimum absolute atomic E-state index is 0. The van der Waals surface area contributed by atoms with Crippen LogP contribution in [0.15, 0.2) is 79.3 Å². The molecule has 0 aliphatic carbocycles. The zero-order chi connectivity index (χ0) is 24.9. The van der Waals surface area contributed by atoms with Gasteiger partial charge in [0.25, 0.3) is 0 Å². The van der Waals surface area contributed by atoms with E-state index in [1.807, 2.05) is 37.5 Å². The maximum Gasteiger partial charge on any atom is 0.170 e. The van der Waals surface area contributed by atoms with E-state index in [-0.39, 0.29) is 26.5 Å². The number of para-hydroxylation sites is 1. The van der Waals surface area contributed by atoms with Gasteiger partial charge in [-0.05, 0) is 34.6 Å². The molecule has 0 N–H and O–H groups in total. The predicted molar refractivity (Wildman–Crippen MR) is 139 cm³/mol. The Morgan fingerprint density at radius 2 is 1.70 bits per heavy atom. The Labute approximate surface area is 230 Å². The minimum atomic E-state index is 0. The average Bonchev–Trinajstić information content (AvgIpc) is 3.45. The average molecular weight is 667 g/mol. The van der Waals surface area contributed by atoms with Crippen LogP contribution in [-0.4, -0.2) is 19.3 Å². The number of hydrogen-bond donors (Lipinski definition) is 0. The molecule has 188 valence electrons. The molecule has 0 spiro atoms. The maximum absolute atomic E-state index is 6.21. The van der Waals surface area contributed by atoms with Gasteiger partial charge in [0.1, 0.15) is 5.82 Å². The van der Waals surface area contributed by atoms with Gasteiger partial charge in [0, 0.05) is 51.3 Å². The van der Waals surface area contributed by atoms with Crippen LogP contribution in [-0.2, 0) is 33.5 Å². The van der Waals surface area contributed by atoms with Crippen LogP contribution in [0.2, 0.25) is 0 Å². The largest absolute Gasteiger partial charge is 0.510 e. The van der Waals surface area contributed by atoms with Crippen molar-refractivity contribution in [3.05, 3.63) is 103 Å². The molecule has 0 saturated carbocycles. The van der Waals surface area contributed by atoms with Crippen molar-refractivity contribution in [2.45, 2.75) is 26.2 Å². The molecule has 6 rings (SSSR count). The summed E-state index contributed by atoms with van der Waals surface area (Å²) in [5.41, 5.74) is 3.97. The number of ether oxygens (including phenoxy) is 1. The van der Waals surface area contributed by atoms with Gasteiger partial charge in [-0.25, -0.2) is 9.67 Å². The topological polar surface area (TPSA) is 48.8 Å². The van der Waals surface area contributed by atoms with E-state index in [2.05, 4.69) is 91.4 Å². The van der Waals surface area contributed by atoms with Crippen molar-refractivity contribution in [3.8, 4) is 23.0 Å². The molecule has 0 saturated heterocycles. The molecule has 6 nitrogen and oxygen atoms in total. The molecule has 3 aromatic carbocycles. The number of aryl methyl sites for hydroxylation is 1. The second-order valence-corrected chi connectivity index (χ2v) is 9.85. The quantitative estimate of drug-likeness (QED) is 0.180. The van der Waals surface area contributed by atoms with Crippen molar-refractivity contribution < 1.29 is 30.4 Å². The van der Waals surface area contributed by atoms with Gasteiger partial charge in [-0.3, -0.25) is 0 Å². The molecule has 0 atom stereocenters. The van der Waals surface area contributed by atoms with Gasteiger partial charge in [-0.1, -0.05) is 55.3 Å². The van der Waals surface area contributed by atoms with Crippen LogP contribution in [0.5, 0.6) is 11.5 Å². The fraction of sp³-hybridized carbons (Fsp3) is 0.167. The third kappa shape index (κ3) is 4.69. The number of nitrogens with zero attached hydrogens (tertiary/aromatic N) is 5. The Balaban J connectivity index is 0.00000280. The third-order valence-electron chi connectivity index (χ3n) is 6.19. The zero-order valence-corrected chi connectivity index (χ0v) is 23.2. The van der Waals surface area contributed by atoms with Crippen molar-refractivity contribution >= 4 is 21.8 Å². The van der Waals surface area contributed by atoms with E-state index in [1.165, 1.54) is 5.56 Å². The number of fused-ring (bicyclic) bond motifs is 3. The molecule has 0 aliphatic heterocycles. The van der Waals surface area contributed by atoms with Crippen molar-refractivity contribution in [2.24, 2.45) is 7.05 Å². The standard InChI is InChI=1S/C30H25N5O.Pt/c1-30(2,3)21-14-15-31-29(16-21)35-27-11-6-5-10-25(27)26-13-12-24(18-28(26)35)36-23-9-7-8-22(17-23)34-20-33(4)19-32-34;/h5-16,19H,1-4H3;/q-2;. The molecule has 7 heteroatoms. The van der Waals surface area contributed by atoms with E-state index < -0.39 is 0 Å². The molecular weight excluding hydrogens is 641 g/mol. The van der Waals surface area contributed by atoms with E-state index in [1.54, 1.807) is 15.6 Å². The first-order valence-corrected chi connectivity index (χ1v) is 11.8. The first-order valence-electron chi connectivity index (χ1n) is 11.8. The Kier molecular flexibility index (Phi) is 6.47. The molecule has 3 aromatic heterocycles. The van der Waals surface area contributed by atoms with Crippen molar-refractivity contribution in [3.63, 3.8) is 0 Å². The van der Waals surface area contributed by atoms with E-state index in [4.69, 9.17) is 9.72 Å². The molecular formula is C30H25N5OPt-2. The van der Waals surface area contributed by atoms with Crippen LogP contribution in [0.3, 0.4) is 0 Å². The molecule has 0 bridgehead atoms. The smallest absolute Gasteiger partial charge is 0.170 e. The Morgan fingerprint density at radius 3 is 2.49 bits per heavy atom.